The number of para-hydroxylation sites is 1. The Morgan fingerprint density at radius 3 is 2.59 bits per heavy atom. The van der Waals surface area contributed by atoms with Crippen LogP contribution in [-0.2, 0) is 0 Å². The second-order valence-corrected chi connectivity index (χ2v) is 7.98. The van der Waals surface area contributed by atoms with E-state index >= 15 is 0 Å². The third-order valence-electron chi connectivity index (χ3n) is 5.70. The van der Waals surface area contributed by atoms with E-state index in [1.165, 1.54) is 12.0 Å². The smallest absolute Gasteiger partial charge is 0.262 e. The predicted octanol–water partition coefficient (Wildman–Crippen LogP) is 4.61. The summed E-state index contributed by atoms with van der Waals surface area (Å²) < 4.78 is 5.54. The number of unbranched alkanes of at least 4 members (excludes halogenated alkanes) is 1. The molecule has 6 heteroatoms. The summed E-state index contributed by atoms with van der Waals surface area (Å²) in [5, 5.41) is 0.336. The van der Waals surface area contributed by atoms with E-state index in [-0.39, 0.29) is 5.91 Å². The Hall–Kier alpha value is -2.37. The molecule has 1 aromatic carbocycles. The molecule has 1 fully saturated rings. The van der Waals surface area contributed by atoms with Crippen molar-refractivity contribution < 1.29 is 9.53 Å². The lowest BCUT2D eigenvalue weighted by molar-refractivity contribution is 0.0814. The average Bonchev–Trinajstić information content (AvgIpc) is 2.89. The van der Waals surface area contributed by atoms with Gasteiger partial charge in [-0.05, 0) is 69.6 Å². The first kappa shape index (κ1) is 19.9. The zero-order valence-electron chi connectivity index (χ0n) is 16.5. The number of amides is 1. The lowest BCUT2D eigenvalue weighted by Gasteiger charge is -2.31. The van der Waals surface area contributed by atoms with Crippen molar-refractivity contribution in [2.45, 2.75) is 31.6 Å². The first-order valence-electron chi connectivity index (χ1n) is 10.3. The molecule has 0 atom stereocenters. The molecule has 3 heterocycles. The van der Waals surface area contributed by atoms with Gasteiger partial charge in [-0.3, -0.25) is 14.7 Å². The van der Waals surface area contributed by atoms with Crippen LogP contribution in [-0.4, -0.2) is 46.9 Å². The Morgan fingerprint density at radius 1 is 1.03 bits per heavy atom. The van der Waals surface area contributed by atoms with E-state index in [1.54, 1.807) is 17.0 Å². The summed E-state index contributed by atoms with van der Waals surface area (Å²) in [5.41, 5.74) is 1.77. The zero-order valence-corrected chi connectivity index (χ0v) is 17.2. The molecule has 5 nitrogen and oxygen atoms in total. The number of pyridine rings is 1. The highest BCUT2D eigenvalue weighted by Gasteiger charge is 2.25. The zero-order chi connectivity index (χ0) is 20.1. The lowest BCUT2D eigenvalue weighted by atomic mass is 9.93. The van der Waals surface area contributed by atoms with Gasteiger partial charge >= 0.3 is 0 Å². The number of aromatic nitrogens is 1. The molecule has 0 aliphatic carbocycles. The van der Waals surface area contributed by atoms with Crippen molar-refractivity contribution in [3.05, 3.63) is 71.3 Å². The second-order valence-electron chi connectivity index (χ2n) is 7.59. The number of carbonyl (C=O) groups excluding carboxylic acids is 1. The number of likely N-dealkylation sites (tertiary alicyclic amines) is 1. The first-order valence-corrected chi connectivity index (χ1v) is 10.7. The summed E-state index contributed by atoms with van der Waals surface area (Å²) in [6.07, 6.45) is 7.58. The van der Waals surface area contributed by atoms with Gasteiger partial charge in [-0.15, -0.1) is 0 Å². The van der Waals surface area contributed by atoms with Gasteiger partial charge in [0.2, 0.25) is 0 Å². The minimum Gasteiger partial charge on any atom is -0.461 e. The topological polar surface area (TPSA) is 45.7 Å². The standard InChI is InChI=1S/C23H26ClN3O2/c24-22-17-29-21-9-2-1-7-19(21)23(28)27(22)14-6-5-13-26-15-10-18(11-16-26)20-8-3-4-12-25-20/h1-4,7-9,12,17-18H,5-6,10-11,13-16H2. The predicted molar refractivity (Wildman–Crippen MR) is 114 cm³/mol. The van der Waals surface area contributed by atoms with Gasteiger partial charge in [-0.2, -0.15) is 0 Å². The molecule has 2 aromatic rings. The molecule has 0 spiro atoms. The van der Waals surface area contributed by atoms with Gasteiger partial charge in [0.1, 0.15) is 17.2 Å². The first-order chi connectivity index (χ1) is 14.2. The number of halogens is 1. The second kappa shape index (κ2) is 9.42. The summed E-state index contributed by atoms with van der Waals surface area (Å²) in [7, 11) is 0. The van der Waals surface area contributed by atoms with Crippen molar-refractivity contribution in [2.75, 3.05) is 26.2 Å². The summed E-state index contributed by atoms with van der Waals surface area (Å²) in [5.74, 6) is 1.02. The van der Waals surface area contributed by atoms with Crippen LogP contribution in [0.4, 0.5) is 0 Å². The van der Waals surface area contributed by atoms with Gasteiger partial charge in [0.15, 0.2) is 0 Å². The highest BCUT2D eigenvalue weighted by Crippen LogP contribution is 2.28. The Balaban J connectivity index is 1.23. The van der Waals surface area contributed by atoms with Gasteiger partial charge in [0, 0.05) is 24.4 Å². The largest absolute Gasteiger partial charge is 0.461 e. The van der Waals surface area contributed by atoms with Crippen molar-refractivity contribution in [3.8, 4) is 5.75 Å². The number of piperidine rings is 1. The van der Waals surface area contributed by atoms with Crippen LogP contribution in [0.3, 0.4) is 0 Å². The molecule has 2 aliphatic heterocycles. The third-order valence-corrected chi connectivity index (χ3v) is 6.00. The van der Waals surface area contributed by atoms with Crippen molar-refractivity contribution in [1.82, 2.24) is 14.8 Å². The molecule has 29 heavy (non-hydrogen) atoms. The maximum absolute atomic E-state index is 12.8. The number of hydrogen-bond acceptors (Lipinski definition) is 4. The minimum absolute atomic E-state index is 0.101. The van der Waals surface area contributed by atoms with E-state index in [2.05, 4.69) is 22.0 Å². The Kier molecular flexibility index (Phi) is 6.47. The van der Waals surface area contributed by atoms with Gasteiger partial charge in [-0.1, -0.05) is 29.8 Å². The highest BCUT2D eigenvalue weighted by atomic mass is 35.5. The minimum atomic E-state index is -0.101. The fraction of sp³-hybridized carbons (Fsp3) is 0.391. The van der Waals surface area contributed by atoms with Crippen LogP contribution < -0.4 is 4.74 Å². The van der Waals surface area contributed by atoms with Gasteiger partial charge in [0.05, 0.1) is 5.56 Å². The maximum Gasteiger partial charge on any atom is 0.262 e. The van der Waals surface area contributed by atoms with Crippen molar-refractivity contribution in [1.29, 1.82) is 0 Å². The summed E-state index contributed by atoms with van der Waals surface area (Å²) in [6, 6.07) is 13.4. The van der Waals surface area contributed by atoms with E-state index in [4.69, 9.17) is 16.3 Å². The molecular weight excluding hydrogens is 386 g/mol. The summed E-state index contributed by atoms with van der Waals surface area (Å²) in [6.45, 7) is 3.85. The molecule has 0 N–H and O–H groups in total. The summed E-state index contributed by atoms with van der Waals surface area (Å²) in [4.78, 5) is 21.5. The van der Waals surface area contributed by atoms with Crippen LogP contribution in [0.5, 0.6) is 5.75 Å². The van der Waals surface area contributed by atoms with Crippen LogP contribution in [0.15, 0.2) is 60.1 Å². The lowest BCUT2D eigenvalue weighted by Crippen LogP contribution is -2.34. The SMILES string of the molecule is O=C1c2ccccc2OC=C(Cl)N1CCCCN1CCC(c2ccccn2)CC1. The Labute approximate surface area is 176 Å². The van der Waals surface area contributed by atoms with Crippen LogP contribution in [0.1, 0.15) is 47.7 Å². The van der Waals surface area contributed by atoms with E-state index in [1.807, 2.05) is 24.4 Å². The molecule has 1 amide bonds. The quantitative estimate of drug-likeness (QED) is 0.514. The van der Waals surface area contributed by atoms with Crippen molar-refractivity contribution in [2.24, 2.45) is 0 Å². The van der Waals surface area contributed by atoms with Gasteiger partial charge in [-0.25, -0.2) is 0 Å². The van der Waals surface area contributed by atoms with E-state index in [9.17, 15) is 4.79 Å². The van der Waals surface area contributed by atoms with E-state index in [0.717, 1.165) is 45.3 Å². The molecule has 2 aliphatic rings. The number of fused-ring (bicyclic) bond motifs is 1. The molecule has 0 radical (unpaired) electrons. The molecule has 0 unspecified atom stereocenters. The van der Waals surface area contributed by atoms with Crippen molar-refractivity contribution >= 4 is 17.5 Å². The normalized spacial score (nSPS) is 18.0. The molecule has 1 saturated heterocycles. The van der Waals surface area contributed by atoms with Gasteiger partial charge < -0.3 is 9.64 Å². The van der Waals surface area contributed by atoms with E-state index in [0.29, 0.717) is 28.9 Å². The summed E-state index contributed by atoms with van der Waals surface area (Å²) >= 11 is 6.30. The molecule has 0 bridgehead atoms. The number of carbonyl (C=O) groups is 1. The fourth-order valence-electron chi connectivity index (χ4n) is 4.05. The van der Waals surface area contributed by atoms with Crippen LogP contribution in [0, 0.1) is 0 Å². The monoisotopic (exact) mass is 411 g/mol. The Bertz CT molecular complexity index is 863. The molecule has 1 aromatic heterocycles. The van der Waals surface area contributed by atoms with Crippen LogP contribution in [0.2, 0.25) is 0 Å². The molecular formula is C23H26ClN3O2. The third kappa shape index (κ3) is 4.80. The number of nitrogens with zero attached hydrogens (tertiary/aromatic N) is 3. The molecule has 0 saturated carbocycles. The molecule has 152 valence electrons. The van der Waals surface area contributed by atoms with Crippen molar-refractivity contribution in [3.63, 3.8) is 0 Å². The number of ether oxygens (including phenoxy) is 1. The number of rotatable bonds is 6. The average molecular weight is 412 g/mol. The number of hydrogen-bond donors (Lipinski definition) is 0. The van der Waals surface area contributed by atoms with Crippen LogP contribution in [0.25, 0.3) is 0 Å². The number of benzene rings is 1. The van der Waals surface area contributed by atoms with E-state index < -0.39 is 0 Å². The Morgan fingerprint density at radius 2 is 1.79 bits per heavy atom. The van der Waals surface area contributed by atoms with Crippen LogP contribution >= 0.6 is 11.6 Å². The fourth-order valence-corrected chi connectivity index (χ4v) is 4.25. The maximum atomic E-state index is 12.8. The highest BCUT2D eigenvalue weighted by molar-refractivity contribution is 6.30. The molecule has 4 rings (SSSR count). The van der Waals surface area contributed by atoms with Gasteiger partial charge in [0.25, 0.3) is 5.91 Å².